The molecule has 58 heavy (non-hydrogen) atoms. The standard InChI is InChI=1S/C44H47N9O4S/c1-26-24-45-40-39-31-8-13-37(47-32(31)9-12-36(39)58-41(40)43(56)46-26)52-21-19-50(20-22-52)25-27-15-17-51(18-16-27)30-6-3-28(4-7-30)29-5-10-33-35(23-29)49(2)44(57)53(33)34-11-14-38(54)48-42(34)55/h3-10,12-13,23,26-27,34,45H,11,14-22,24-25H2,1-2H3,(H,46,56)(H,48,54,55)/t26-,34?/m1/s1. The molecule has 3 saturated heterocycles. The summed E-state index contributed by atoms with van der Waals surface area (Å²) in [6.45, 7) is 9.87. The van der Waals surface area contributed by atoms with E-state index in [9.17, 15) is 19.2 Å². The lowest BCUT2D eigenvalue weighted by molar-refractivity contribution is -0.135. The lowest BCUT2D eigenvalue weighted by Gasteiger charge is -2.39. The highest BCUT2D eigenvalue weighted by Gasteiger charge is 2.32. The fourth-order valence-electron chi connectivity index (χ4n) is 9.43. The van der Waals surface area contributed by atoms with Gasteiger partial charge in [-0.05, 0) is 91.8 Å². The summed E-state index contributed by atoms with van der Waals surface area (Å²) in [5.74, 6) is 0.959. The van der Waals surface area contributed by atoms with Crippen LogP contribution in [0.1, 0.15) is 48.3 Å². The van der Waals surface area contributed by atoms with Gasteiger partial charge in [-0.25, -0.2) is 9.78 Å². The number of aryl methyl sites for hydroxylation is 1. The summed E-state index contributed by atoms with van der Waals surface area (Å²) >= 11 is 1.54. The molecule has 6 aromatic rings. The Morgan fingerprint density at radius 1 is 0.810 bits per heavy atom. The topological polar surface area (TPSA) is 137 Å². The smallest absolute Gasteiger partial charge is 0.329 e. The number of aromatic nitrogens is 3. The number of thiophene rings is 1. The van der Waals surface area contributed by atoms with Gasteiger partial charge in [-0.3, -0.25) is 33.7 Å². The highest BCUT2D eigenvalue weighted by Crippen LogP contribution is 2.41. The summed E-state index contributed by atoms with van der Waals surface area (Å²) in [7, 11) is 1.73. The number of carbonyl (C=O) groups excluding carboxylic acids is 3. The quantitative estimate of drug-likeness (QED) is 0.191. The van der Waals surface area contributed by atoms with Crippen LogP contribution in [0.15, 0.2) is 71.5 Å². The number of benzene rings is 3. The summed E-state index contributed by atoms with van der Waals surface area (Å²) < 4.78 is 4.21. The Labute approximate surface area is 339 Å². The van der Waals surface area contributed by atoms with Gasteiger partial charge in [0.25, 0.3) is 5.91 Å². The zero-order valence-electron chi connectivity index (χ0n) is 32.8. The van der Waals surface area contributed by atoms with Crippen molar-refractivity contribution in [3.63, 3.8) is 0 Å². The van der Waals surface area contributed by atoms with Gasteiger partial charge in [-0.15, -0.1) is 11.3 Å². The molecule has 0 radical (unpaired) electrons. The molecule has 3 N–H and O–H groups in total. The number of amides is 3. The molecule has 3 fully saturated rings. The molecule has 4 aliphatic rings. The number of hydrogen-bond donors (Lipinski definition) is 3. The Hall–Kier alpha value is -5.73. The molecule has 3 aromatic carbocycles. The predicted molar refractivity (Wildman–Crippen MR) is 230 cm³/mol. The lowest BCUT2D eigenvalue weighted by atomic mass is 9.95. The van der Waals surface area contributed by atoms with Crippen LogP contribution in [0.25, 0.3) is 43.1 Å². The molecule has 3 aromatic heterocycles. The summed E-state index contributed by atoms with van der Waals surface area (Å²) in [4.78, 5) is 63.8. The molecule has 7 heterocycles. The maximum absolute atomic E-state index is 13.2. The number of piperazine rings is 1. The number of anilines is 3. The number of nitrogens with zero attached hydrogens (tertiary/aromatic N) is 6. The van der Waals surface area contributed by atoms with Gasteiger partial charge in [-0.1, -0.05) is 18.2 Å². The molecule has 298 valence electrons. The molecule has 0 saturated carbocycles. The molecule has 14 heteroatoms. The van der Waals surface area contributed by atoms with Gasteiger partial charge in [-0.2, -0.15) is 0 Å². The third-order valence-electron chi connectivity index (χ3n) is 12.7. The number of fused-ring (bicyclic) bond motifs is 6. The van der Waals surface area contributed by atoms with E-state index in [1.807, 2.05) is 25.1 Å². The van der Waals surface area contributed by atoms with E-state index in [0.29, 0.717) is 24.4 Å². The van der Waals surface area contributed by atoms with Crippen LogP contribution >= 0.6 is 11.3 Å². The zero-order chi connectivity index (χ0) is 39.7. The van der Waals surface area contributed by atoms with Crippen molar-refractivity contribution in [3.05, 3.63) is 82.1 Å². The van der Waals surface area contributed by atoms with E-state index in [4.69, 9.17) is 4.98 Å². The molecule has 0 aliphatic carbocycles. The molecule has 2 atom stereocenters. The van der Waals surface area contributed by atoms with Crippen LogP contribution in [0.3, 0.4) is 0 Å². The predicted octanol–water partition coefficient (Wildman–Crippen LogP) is 5.33. The molecule has 13 nitrogen and oxygen atoms in total. The van der Waals surface area contributed by atoms with Crippen molar-refractivity contribution in [2.75, 3.05) is 67.5 Å². The van der Waals surface area contributed by atoms with Gasteiger partial charge >= 0.3 is 5.69 Å². The lowest BCUT2D eigenvalue weighted by Crippen LogP contribution is -2.49. The van der Waals surface area contributed by atoms with E-state index in [1.165, 1.54) is 23.1 Å². The Bertz CT molecular complexity index is 2670. The third kappa shape index (κ3) is 6.48. The van der Waals surface area contributed by atoms with Crippen LogP contribution in [-0.2, 0) is 16.6 Å². The minimum Gasteiger partial charge on any atom is -0.381 e. The molecule has 0 spiro atoms. The van der Waals surface area contributed by atoms with E-state index in [0.717, 1.165) is 99.8 Å². The van der Waals surface area contributed by atoms with Crippen molar-refractivity contribution in [1.29, 1.82) is 0 Å². The van der Waals surface area contributed by atoms with Crippen molar-refractivity contribution in [3.8, 4) is 11.1 Å². The van der Waals surface area contributed by atoms with E-state index >= 15 is 0 Å². The van der Waals surface area contributed by atoms with Gasteiger partial charge in [0.05, 0.1) is 22.2 Å². The SMILES string of the molecule is C[C@@H]1CNc2c(sc3ccc4nc(N5CCN(CC6CCN(c7ccc(-c8ccc9c(c8)n(C)c(=O)n9C8CCC(=O)NC8=O)cc7)CC6)CC5)ccc4c23)C(=O)N1. The molecular weight excluding hydrogens is 751 g/mol. The number of hydrogen-bond acceptors (Lipinski definition) is 10. The van der Waals surface area contributed by atoms with Crippen molar-refractivity contribution >= 4 is 78.3 Å². The molecular formula is C44H47N9O4S. The first kappa shape index (κ1) is 36.6. The zero-order valence-corrected chi connectivity index (χ0v) is 33.6. The number of piperidine rings is 2. The summed E-state index contributed by atoms with van der Waals surface area (Å²) in [6.07, 6.45) is 2.86. The summed E-state index contributed by atoms with van der Waals surface area (Å²) in [6, 6.07) is 22.5. The van der Waals surface area contributed by atoms with Crippen LogP contribution in [0.4, 0.5) is 17.2 Å². The third-order valence-corrected chi connectivity index (χ3v) is 13.8. The minimum atomic E-state index is -0.696. The summed E-state index contributed by atoms with van der Waals surface area (Å²) in [5.41, 5.74) is 6.37. The van der Waals surface area contributed by atoms with Crippen LogP contribution in [0, 0.1) is 5.92 Å². The van der Waals surface area contributed by atoms with Gasteiger partial charge < -0.3 is 20.4 Å². The number of nitrogens with one attached hydrogen (secondary N) is 3. The largest absolute Gasteiger partial charge is 0.381 e. The van der Waals surface area contributed by atoms with Gasteiger partial charge in [0.15, 0.2) is 0 Å². The monoisotopic (exact) mass is 797 g/mol. The average molecular weight is 798 g/mol. The highest BCUT2D eigenvalue weighted by molar-refractivity contribution is 7.21. The normalized spacial score (nSPS) is 21.0. The van der Waals surface area contributed by atoms with Crippen molar-refractivity contribution < 1.29 is 14.4 Å². The van der Waals surface area contributed by atoms with Gasteiger partial charge in [0.1, 0.15) is 16.7 Å². The minimum absolute atomic E-state index is 0.00707. The van der Waals surface area contributed by atoms with Crippen molar-refractivity contribution in [2.45, 2.75) is 44.7 Å². The maximum Gasteiger partial charge on any atom is 0.329 e. The van der Waals surface area contributed by atoms with Crippen LogP contribution < -0.4 is 31.4 Å². The van der Waals surface area contributed by atoms with Crippen LogP contribution in [0.2, 0.25) is 0 Å². The average Bonchev–Trinajstić information content (AvgIpc) is 3.69. The van der Waals surface area contributed by atoms with E-state index < -0.39 is 11.9 Å². The second kappa shape index (κ2) is 14.6. The molecule has 1 unspecified atom stereocenters. The molecule has 10 rings (SSSR count). The Morgan fingerprint density at radius 2 is 1.59 bits per heavy atom. The maximum atomic E-state index is 13.2. The number of imidazole rings is 1. The van der Waals surface area contributed by atoms with E-state index in [-0.39, 0.29) is 30.0 Å². The fraction of sp³-hybridized carbons (Fsp3) is 0.386. The van der Waals surface area contributed by atoms with Crippen molar-refractivity contribution in [2.24, 2.45) is 13.0 Å². The number of imide groups is 1. The molecule has 3 amide bonds. The molecule has 4 aliphatic heterocycles. The Balaban J connectivity index is 0.741. The fourth-order valence-corrected chi connectivity index (χ4v) is 10.5. The van der Waals surface area contributed by atoms with E-state index in [1.54, 1.807) is 23.0 Å². The highest BCUT2D eigenvalue weighted by atomic mass is 32.1. The van der Waals surface area contributed by atoms with Crippen LogP contribution in [0.5, 0.6) is 0 Å². The number of carbonyl (C=O) groups is 3. The first-order valence-electron chi connectivity index (χ1n) is 20.5. The van der Waals surface area contributed by atoms with Crippen LogP contribution in [-0.4, -0.2) is 95.1 Å². The Morgan fingerprint density at radius 3 is 2.36 bits per heavy atom. The summed E-state index contributed by atoms with van der Waals surface area (Å²) in [5, 5.41) is 11.2. The Kier molecular flexibility index (Phi) is 9.20. The molecule has 0 bridgehead atoms. The van der Waals surface area contributed by atoms with Crippen molar-refractivity contribution in [1.82, 2.24) is 29.7 Å². The van der Waals surface area contributed by atoms with E-state index in [2.05, 4.69) is 79.2 Å². The second-order valence-electron chi connectivity index (χ2n) is 16.4. The second-order valence-corrected chi connectivity index (χ2v) is 17.4. The number of rotatable bonds is 6. The first-order chi connectivity index (χ1) is 28.2. The first-order valence-corrected chi connectivity index (χ1v) is 21.3. The number of pyridine rings is 1. The van der Waals surface area contributed by atoms with Gasteiger partial charge in [0, 0.05) is 93.0 Å². The van der Waals surface area contributed by atoms with Gasteiger partial charge in [0.2, 0.25) is 11.8 Å².